The second kappa shape index (κ2) is 6.93. The van der Waals surface area contributed by atoms with Crippen molar-refractivity contribution in [2.45, 2.75) is 19.8 Å². The number of hydrogen-bond acceptors (Lipinski definition) is 3. The lowest BCUT2D eigenvalue weighted by Crippen LogP contribution is -2.06. The van der Waals surface area contributed by atoms with Gasteiger partial charge in [0.25, 0.3) is 0 Å². The first-order valence-corrected chi connectivity index (χ1v) is 7.01. The molecule has 3 heteroatoms. The average Bonchev–Trinajstić information content (AvgIpc) is 2.54. The molecule has 2 rings (SSSR count). The first kappa shape index (κ1) is 15.1. The molecule has 0 heterocycles. The summed E-state index contributed by atoms with van der Waals surface area (Å²) in [6.45, 7) is 2.11. The Morgan fingerprint density at radius 1 is 0.952 bits per heavy atom. The largest absolute Gasteiger partial charge is 0.497 e. The van der Waals surface area contributed by atoms with Gasteiger partial charge in [-0.1, -0.05) is 31.2 Å². The van der Waals surface area contributed by atoms with Gasteiger partial charge >= 0.3 is 0 Å². The van der Waals surface area contributed by atoms with Gasteiger partial charge < -0.3 is 9.47 Å². The van der Waals surface area contributed by atoms with Crippen molar-refractivity contribution >= 4 is 5.78 Å². The zero-order valence-corrected chi connectivity index (χ0v) is 12.7. The quantitative estimate of drug-likeness (QED) is 0.759. The standard InChI is InChI=1S/C18H20O3/c1-4-13-5-7-14(8-6-13)11-17(19)16-10-9-15(20-2)12-18(16)21-3/h5-10,12H,4,11H2,1-3H3. The molecule has 0 bridgehead atoms. The van der Waals surface area contributed by atoms with Crippen LogP contribution in [0.5, 0.6) is 11.5 Å². The number of Topliss-reactive ketones (excluding diaryl/α,β-unsaturated/α-hetero) is 1. The molecular formula is C18H20O3. The second-order valence-electron chi connectivity index (χ2n) is 4.84. The highest BCUT2D eigenvalue weighted by Gasteiger charge is 2.13. The SMILES string of the molecule is CCc1ccc(CC(=O)c2ccc(OC)cc2OC)cc1. The van der Waals surface area contributed by atoms with E-state index in [4.69, 9.17) is 9.47 Å². The minimum absolute atomic E-state index is 0.0405. The van der Waals surface area contributed by atoms with Gasteiger partial charge in [-0.3, -0.25) is 4.79 Å². The Morgan fingerprint density at radius 3 is 2.19 bits per heavy atom. The van der Waals surface area contributed by atoms with Crippen LogP contribution in [0.2, 0.25) is 0 Å². The van der Waals surface area contributed by atoms with Crippen LogP contribution in [0.3, 0.4) is 0 Å². The lowest BCUT2D eigenvalue weighted by Gasteiger charge is -2.10. The number of carbonyl (C=O) groups is 1. The van der Waals surface area contributed by atoms with Crippen molar-refractivity contribution in [3.8, 4) is 11.5 Å². The van der Waals surface area contributed by atoms with E-state index in [9.17, 15) is 4.79 Å². The van der Waals surface area contributed by atoms with E-state index in [2.05, 4.69) is 19.1 Å². The van der Waals surface area contributed by atoms with Crippen molar-refractivity contribution in [3.05, 3.63) is 59.2 Å². The van der Waals surface area contributed by atoms with Crippen molar-refractivity contribution in [3.63, 3.8) is 0 Å². The second-order valence-corrected chi connectivity index (χ2v) is 4.84. The van der Waals surface area contributed by atoms with Crippen LogP contribution in [0.15, 0.2) is 42.5 Å². The van der Waals surface area contributed by atoms with Gasteiger partial charge in [-0.15, -0.1) is 0 Å². The molecule has 0 radical (unpaired) electrons. The predicted molar refractivity (Wildman–Crippen MR) is 83.4 cm³/mol. The van der Waals surface area contributed by atoms with Crippen molar-refractivity contribution in [1.82, 2.24) is 0 Å². The maximum atomic E-state index is 12.4. The summed E-state index contributed by atoms with van der Waals surface area (Å²) in [7, 11) is 3.15. The molecule has 0 saturated heterocycles. The first-order chi connectivity index (χ1) is 10.2. The van der Waals surface area contributed by atoms with Crippen LogP contribution in [0.25, 0.3) is 0 Å². The number of methoxy groups -OCH3 is 2. The number of benzene rings is 2. The van der Waals surface area contributed by atoms with Gasteiger partial charge in [-0.05, 0) is 29.7 Å². The van der Waals surface area contributed by atoms with Crippen LogP contribution in [0.4, 0.5) is 0 Å². The van der Waals surface area contributed by atoms with E-state index in [1.54, 1.807) is 32.4 Å². The molecular weight excluding hydrogens is 264 g/mol. The zero-order chi connectivity index (χ0) is 15.2. The fourth-order valence-electron chi connectivity index (χ4n) is 2.20. The summed E-state index contributed by atoms with van der Waals surface area (Å²) in [4.78, 5) is 12.4. The molecule has 2 aromatic carbocycles. The van der Waals surface area contributed by atoms with E-state index in [1.165, 1.54) is 5.56 Å². The molecule has 0 spiro atoms. The summed E-state index contributed by atoms with van der Waals surface area (Å²) in [6, 6.07) is 13.4. The van der Waals surface area contributed by atoms with Crippen LogP contribution in [-0.4, -0.2) is 20.0 Å². The van der Waals surface area contributed by atoms with Crippen LogP contribution >= 0.6 is 0 Å². The molecule has 0 N–H and O–H groups in total. The van der Waals surface area contributed by atoms with Crippen LogP contribution in [0.1, 0.15) is 28.4 Å². The van der Waals surface area contributed by atoms with Gasteiger partial charge in [0, 0.05) is 12.5 Å². The van der Waals surface area contributed by atoms with Crippen molar-refractivity contribution in [1.29, 1.82) is 0 Å². The van der Waals surface area contributed by atoms with Crippen LogP contribution in [0, 0.1) is 0 Å². The Bertz CT molecular complexity index is 615. The monoisotopic (exact) mass is 284 g/mol. The molecule has 0 aromatic heterocycles. The number of aryl methyl sites for hydroxylation is 1. The van der Waals surface area contributed by atoms with Crippen LogP contribution < -0.4 is 9.47 Å². The lowest BCUT2D eigenvalue weighted by atomic mass is 10.0. The van der Waals surface area contributed by atoms with Gasteiger partial charge in [0.15, 0.2) is 5.78 Å². The molecule has 21 heavy (non-hydrogen) atoms. The topological polar surface area (TPSA) is 35.5 Å². The number of ketones is 1. The number of hydrogen-bond donors (Lipinski definition) is 0. The molecule has 0 aliphatic rings. The number of ether oxygens (including phenoxy) is 2. The van der Waals surface area contributed by atoms with E-state index in [0.717, 1.165) is 12.0 Å². The van der Waals surface area contributed by atoms with Crippen molar-refractivity contribution < 1.29 is 14.3 Å². The Kier molecular flexibility index (Phi) is 4.99. The Balaban J connectivity index is 2.19. The highest BCUT2D eigenvalue weighted by molar-refractivity contribution is 6.00. The molecule has 0 fully saturated rings. The Hall–Kier alpha value is -2.29. The summed E-state index contributed by atoms with van der Waals surface area (Å²) < 4.78 is 10.4. The molecule has 3 nitrogen and oxygen atoms in total. The van der Waals surface area contributed by atoms with Crippen molar-refractivity contribution in [2.75, 3.05) is 14.2 Å². The van der Waals surface area contributed by atoms with Crippen molar-refractivity contribution in [2.24, 2.45) is 0 Å². The molecule has 0 aliphatic heterocycles. The fourth-order valence-corrected chi connectivity index (χ4v) is 2.20. The maximum absolute atomic E-state index is 12.4. The highest BCUT2D eigenvalue weighted by Crippen LogP contribution is 2.25. The maximum Gasteiger partial charge on any atom is 0.170 e. The molecule has 0 unspecified atom stereocenters. The summed E-state index contributed by atoms with van der Waals surface area (Å²) in [6.07, 6.45) is 1.37. The van der Waals surface area contributed by atoms with E-state index in [1.807, 2.05) is 12.1 Å². The fraction of sp³-hybridized carbons (Fsp3) is 0.278. The van der Waals surface area contributed by atoms with Gasteiger partial charge in [0.05, 0.1) is 19.8 Å². The van der Waals surface area contributed by atoms with Gasteiger partial charge in [-0.25, -0.2) is 0 Å². The number of carbonyl (C=O) groups excluding carboxylic acids is 1. The summed E-state index contributed by atoms with van der Waals surface area (Å²) in [5, 5.41) is 0. The smallest absolute Gasteiger partial charge is 0.170 e. The Morgan fingerprint density at radius 2 is 1.62 bits per heavy atom. The van der Waals surface area contributed by atoms with E-state index >= 15 is 0 Å². The first-order valence-electron chi connectivity index (χ1n) is 7.01. The van der Waals surface area contributed by atoms with E-state index in [0.29, 0.717) is 23.5 Å². The van der Waals surface area contributed by atoms with Gasteiger partial charge in [-0.2, -0.15) is 0 Å². The minimum atomic E-state index is 0.0405. The van der Waals surface area contributed by atoms with E-state index < -0.39 is 0 Å². The molecule has 0 saturated carbocycles. The predicted octanol–water partition coefficient (Wildman–Crippen LogP) is 3.69. The molecule has 0 aliphatic carbocycles. The minimum Gasteiger partial charge on any atom is -0.497 e. The Labute approximate surface area is 125 Å². The molecule has 0 atom stereocenters. The van der Waals surface area contributed by atoms with Gasteiger partial charge in [0.1, 0.15) is 11.5 Å². The lowest BCUT2D eigenvalue weighted by molar-refractivity contribution is 0.0990. The van der Waals surface area contributed by atoms with Crippen LogP contribution in [-0.2, 0) is 12.8 Å². The third kappa shape index (κ3) is 3.63. The van der Waals surface area contributed by atoms with Gasteiger partial charge in [0.2, 0.25) is 0 Å². The highest BCUT2D eigenvalue weighted by atomic mass is 16.5. The summed E-state index contributed by atoms with van der Waals surface area (Å²) >= 11 is 0. The molecule has 110 valence electrons. The summed E-state index contributed by atoms with van der Waals surface area (Å²) in [5.41, 5.74) is 2.86. The summed E-state index contributed by atoms with van der Waals surface area (Å²) in [5.74, 6) is 1.26. The number of rotatable bonds is 6. The third-order valence-corrected chi connectivity index (χ3v) is 3.51. The normalized spacial score (nSPS) is 10.2. The third-order valence-electron chi connectivity index (χ3n) is 3.51. The van der Waals surface area contributed by atoms with E-state index in [-0.39, 0.29) is 5.78 Å². The molecule has 2 aromatic rings. The average molecular weight is 284 g/mol. The molecule has 0 amide bonds. The zero-order valence-electron chi connectivity index (χ0n) is 12.7.